The molecule has 0 aliphatic heterocycles. The van der Waals surface area contributed by atoms with Crippen molar-refractivity contribution in [2.24, 2.45) is 0 Å². The second-order valence-corrected chi connectivity index (χ2v) is 4.46. The first kappa shape index (κ1) is 12.2. The van der Waals surface area contributed by atoms with Crippen LogP contribution in [0.25, 0.3) is 16.7 Å². The minimum Gasteiger partial charge on any atom is -0.397 e. The van der Waals surface area contributed by atoms with Gasteiger partial charge in [-0.2, -0.15) is 0 Å². The maximum Gasteiger partial charge on any atom is 0.251 e. The Morgan fingerprint density at radius 2 is 2.05 bits per heavy atom. The molecule has 100 valence electrons. The second kappa shape index (κ2) is 4.70. The largest absolute Gasteiger partial charge is 0.397 e. The Kier molecular flexibility index (Phi) is 2.87. The highest BCUT2D eigenvalue weighted by Gasteiger charge is 2.10. The molecule has 0 aliphatic carbocycles. The third kappa shape index (κ3) is 1.89. The molecule has 1 aromatic heterocycles. The van der Waals surface area contributed by atoms with Crippen LogP contribution in [-0.4, -0.2) is 22.5 Å². The summed E-state index contributed by atoms with van der Waals surface area (Å²) in [4.78, 5) is 16.1. The molecule has 0 aliphatic rings. The van der Waals surface area contributed by atoms with Crippen molar-refractivity contribution in [3.63, 3.8) is 0 Å². The SMILES string of the molecule is CNC(=O)c1ccc(N)c(-n2cnc3ccccc32)c1. The number of anilines is 1. The molecule has 3 N–H and O–H groups in total. The summed E-state index contributed by atoms with van der Waals surface area (Å²) in [5, 5.41) is 2.61. The number of fused-ring (bicyclic) bond motifs is 1. The van der Waals surface area contributed by atoms with Gasteiger partial charge >= 0.3 is 0 Å². The van der Waals surface area contributed by atoms with Crippen LogP contribution in [0.3, 0.4) is 0 Å². The first-order valence-electron chi connectivity index (χ1n) is 6.25. The van der Waals surface area contributed by atoms with E-state index in [1.54, 1.807) is 31.6 Å². The van der Waals surface area contributed by atoms with Crippen molar-refractivity contribution < 1.29 is 4.79 Å². The Hall–Kier alpha value is -2.82. The molecule has 5 nitrogen and oxygen atoms in total. The van der Waals surface area contributed by atoms with Crippen LogP contribution in [0, 0.1) is 0 Å². The van der Waals surface area contributed by atoms with Crippen LogP contribution in [0.2, 0.25) is 0 Å². The van der Waals surface area contributed by atoms with Crippen molar-refractivity contribution in [1.29, 1.82) is 0 Å². The quantitative estimate of drug-likeness (QED) is 0.696. The summed E-state index contributed by atoms with van der Waals surface area (Å²) in [5.41, 5.74) is 9.78. The fourth-order valence-corrected chi connectivity index (χ4v) is 2.19. The fraction of sp³-hybridized carbons (Fsp3) is 0.0667. The lowest BCUT2D eigenvalue weighted by atomic mass is 10.1. The van der Waals surface area contributed by atoms with Crippen molar-refractivity contribution in [2.45, 2.75) is 0 Å². The van der Waals surface area contributed by atoms with E-state index in [1.165, 1.54) is 0 Å². The van der Waals surface area contributed by atoms with Crippen LogP contribution in [-0.2, 0) is 0 Å². The van der Waals surface area contributed by atoms with Crippen LogP contribution in [0.15, 0.2) is 48.8 Å². The maximum atomic E-state index is 11.7. The molecule has 3 rings (SSSR count). The molecule has 1 heterocycles. The minimum atomic E-state index is -0.143. The zero-order valence-electron chi connectivity index (χ0n) is 11.0. The highest BCUT2D eigenvalue weighted by molar-refractivity contribution is 5.95. The molecular weight excluding hydrogens is 252 g/mol. The van der Waals surface area contributed by atoms with Crippen molar-refractivity contribution in [3.05, 3.63) is 54.4 Å². The molecule has 0 saturated carbocycles. The molecule has 0 spiro atoms. The number of hydrogen-bond donors (Lipinski definition) is 2. The number of hydrogen-bond acceptors (Lipinski definition) is 3. The Morgan fingerprint density at radius 3 is 2.85 bits per heavy atom. The van der Waals surface area contributed by atoms with Gasteiger partial charge in [0.05, 0.1) is 22.4 Å². The average Bonchev–Trinajstić information content (AvgIpc) is 2.91. The highest BCUT2D eigenvalue weighted by Crippen LogP contribution is 2.23. The summed E-state index contributed by atoms with van der Waals surface area (Å²) >= 11 is 0. The number of imidazole rings is 1. The van der Waals surface area contributed by atoms with E-state index >= 15 is 0 Å². The topological polar surface area (TPSA) is 72.9 Å². The van der Waals surface area contributed by atoms with Crippen LogP contribution >= 0.6 is 0 Å². The van der Waals surface area contributed by atoms with E-state index in [4.69, 9.17) is 5.73 Å². The third-order valence-corrected chi connectivity index (χ3v) is 3.23. The van der Waals surface area contributed by atoms with Gasteiger partial charge in [-0.1, -0.05) is 12.1 Å². The van der Waals surface area contributed by atoms with E-state index in [1.807, 2.05) is 28.8 Å². The molecule has 0 bridgehead atoms. The first-order valence-corrected chi connectivity index (χ1v) is 6.25. The molecule has 5 heteroatoms. The van der Waals surface area contributed by atoms with Crippen LogP contribution in [0.4, 0.5) is 5.69 Å². The molecule has 0 fully saturated rings. The van der Waals surface area contributed by atoms with Crippen LogP contribution < -0.4 is 11.1 Å². The predicted molar refractivity (Wildman–Crippen MR) is 78.9 cm³/mol. The minimum absolute atomic E-state index is 0.143. The van der Waals surface area contributed by atoms with Gasteiger partial charge in [0.2, 0.25) is 0 Å². The Balaban J connectivity index is 2.21. The summed E-state index contributed by atoms with van der Waals surface area (Å²) < 4.78 is 1.89. The third-order valence-electron chi connectivity index (χ3n) is 3.23. The number of nitrogens with one attached hydrogen (secondary N) is 1. The van der Waals surface area contributed by atoms with Gasteiger partial charge in [0.15, 0.2) is 0 Å². The second-order valence-electron chi connectivity index (χ2n) is 4.46. The summed E-state index contributed by atoms with van der Waals surface area (Å²) in [6.07, 6.45) is 1.71. The first-order chi connectivity index (χ1) is 9.70. The molecule has 0 unspecified atom stereocenters. The molecule has 2 aromatic carbocycles. The number of amides is 1. The van der Waals surface area contributed by atoms with Crippen LogP contribution in [0.5, 0.6) is 0 Å². The molecule has 1 amide bonds. The van der Waals surface area contributed by atoms with Gasteiger partial charge in [-0.15, -0.1) is 0 Å². The number of carbonyl (C=O) groups excluding carboxylic acids is 1. The number of carbonyl (C=O) groups is 1. The molecule has 20 heavy (non-hydrogen) atoms. The van der Waals surface area contributed by atoms with E-state index in [2.05, 4.69) is 10.3 Å². The van der Waals surface area contributed by atoms with Gasteiger partial charge in [-0.05, 0) is 30.3 Å². The van der Waals surface area contributed by atoms with Gasteiger partial charge in [-0.3, -0.25) is 9.36 Å². The Morgan fingerprint density at radius 1 is 1.25 bits per heavy atom. The monoisotopic (exact) mass is 266 g/mol. The molecule has 0 saturated heterocycles. The van der Waals surface area contributed by atoms with Crippen LogP contribution in [0.1, 0.15) is 10.4 Å². The number of nitrogens with two attached hydrogens (primary N) is 1. The zero-order valence-corrected chi connectivity index (χ0v) is 11.0. The lowest BCUT2D eigenvalue weighted by Gasteiger charge is -2.10. The summed E-state index contributed by atoms with van der Waals surface area (Å²) in [6, 6.07) is 13.0. The smallest absolute Gasteiger partial charge is 0.251 e. The van der Waals surface area contributed by atoms with Gasteiger partial charge in [0.1, 0.15) is 6.33 Å². The highest BCUT2D eigenvalue weighted by atomic mass is 16.1. The molecule has 0 atom stereocenters. The standard InChI is InChI=1S/C15H14N4O/c1-17-15(20)10-6-7-11(16)14(8-10)19-9-18-12-4-2-3-5-13(12)19/h2-9H,16H2,1H3,(H,17,20). The van der Waals surface area contributed by atoms with E-state index in [0.717, 1.165) is 16.7 Å². The van der Waals surface area contributed by atoms with Crippen molar-refractivity contribution in [2.75, 3.05) is 12.8 Å². The summed E-state index contributed by atoms with van der Waals surface area (Å²) in [5.74, 6) is -0.143. The number of aromatic nitrogens is 2. The number of para-hydroxylation sites is 2. The van der Waals surface area contributed by atoms with Crippen molar-refractivity contribution >= 4 is 22.6 Å². The van der Waals surface area contributed by atoms with Crippen molar-refractivity contribution in [1.82, 2.24) is 14.9 Å². The maximum absolute atomic E-state index is 11.7. The number of rotatable bonds is 2. The predicted octanol–water partition coefficient (Wildman–Crippen LogP) is 1.97. The zero-order chi connectivity index (χ0) is 14.1. The number of nitrogen functional groups attached to an aromatic ring is 1. The summed E-state index contributed by atoms with van der Waals surface area (Å²) in [6.45, 7) is 0. The van der Waals surface area contributed by atoms with Gasteiger partial charge in [0.25, 0.3) is 5.91 Å². The fourth-order valence-electron chi connectivity index (χ4n) is 2.19. The molecular formula is C15H14N4O. The van der Waals surface area contributed by atoms with E-state index < -0.39 is 0 Å². The number of benzene rings is 2. The average molecular weight is 266 g/mol. The van der Waals surface area contributed by atoms with Gasteiger partial charge < -0.3 is 11.1 Å². The van der Waals surface area contributed by atoms with E-state index in [9.17, 15) is 4.79 Å². The summed E-state index contributed by atoms with van der Waals surface area (Å²) in [7, 11) is 1.60. The molecule has 0 radical (unpaired) electrons. The van der Waals surface area contributed by atoms with E-state index in [-0.39, 0.29) is 5.91 Å². The lowest BCUT2D eigenvalue weighted by molar-refractivity contribution is 0.0963. The lowest BCUT2D eigenvalue weighted by Crippen LogP contribution is -2.18. The normalized spacial score (nSPS) is 10.7. The van der Waals surface area contributed by atoms with Crippen molar-refractivity contribution in [3.8, 4) is 5.69 Å². The van der Waals surface area contributed by atoms with E-state index in [0.29, 0.717) is 11.3 Å². The Labute approximate surface area is 116 Å². The van der Waals surface area contributed by atoms with Gasteiger partial charge in [0, 0.05) is 12.6 Å². The Bertz CT molecular complexity index is 791. The molecule has 3 aromatic rings. The van der Waals surface area contributed by atoms with Gasteiger partial charge in [-0.25, -0.2) is 4.98 Å². The number of nitrogens with zero attached hydrogens (tertiary/aromatic N) is 2.